The summed E-state index contributed by atoms with van der Waals surface area (Å²) in [5.41, 5.74) is 1.26. The smallest absolute Gasteiger partial charge is 0.387 e. The van der Waals surface area contributed by atoms with Crippen LogP contribution in [0.25, 0.3) is 0 Å². The SMILES string of the molecule is COc1ccc(S(=O)(=O)N(C)Cc2ccc(OC(F)F)c(OC)c2)cc1C. The monoisotopic (exact) mass is 401 g/mol. The number of nitrogens with zero attached hydrogens (tertiary/aromatic N) is 1. The summed E-state index contributed by atoms with van der Waals surface area (Å²) >= 11 is 0. The Balaban J connectivity index is 2.25. The molecular weight excluding hydrogens is 380 g/mol. The lowest BCUT2D eigenvalue weighted by molar-refractivity contribution is -0.0512. The van der Waals surface area contributed by atoms with E-state index in [1.807, 2.05) is 0 Å². The molecule has 0 aliphatic heterocycles. The number of methoxy groups -OCH3 is 2. The summed E-state index contributed by atoms with van der Waals surface area (Å²) < 4.78 is 66.1. The first kappa shape index (κ1) is 20.9. The lowest BCUT2D eigenvalue weighted by atomic mass is 10.2. The largest absolute Gasteiger partial charge is 0.496 e. The first-order valence-electron chi connectivity index (χ1n) is 7.91. The van der Waals surface area contributed by atoms with Crippen molar-refractivity contribution in [1.29, 1.82) is 0 Å². The Morgan fingerprint density at radius 1 is 1.00 bits per heavy atom. The van der Waals surface area contributed by atoms with Gasteiger partial charge in [0.2, 0.25) is 10.0 Å². The maximum atomic E-state index is 12.8. The van der Waals surface area contributed by atoms with Crippen LogP contribution in [0, 0.1) is 6.92 Å². The van der Waals surface area contributed by atoms with E-state index in [0.29, 0.717) is 16.9 Å². The van der Waals surface area contributed by atoms with Crippen LogP contribution in [0.3, 0.4) is 0 Å². The maximum absolute atomic E-state index is 12.8. The molecule has 0 saturated carbocycles. The standard InChI is InChI=1S/C18H21F2NO5S/c1-12-9-14(6-8-15(12)24-3)27(22,23)21(2)11-13-5-7-16(26-18(19)20)17(10-13)25-4/h5-10,18H,11H2,1-4H3. The van der Waals surface area contributed by atoms with Crippen LogP contribution in [-0.4, -0.2) is 40.6 Å². The van der Waals surface area contributed by atoms with E-state index in [9.17, 15) is 17.2 Å². The molecule has 2 aromatic carbocycles. The van der Waals surface area contributed by atoms with Gasteiger partial charge in [-0.05, 0) is 48.4 Å². The maximum Gasteiger partial charge on any atom is 0.387 e. The number of hydrogen-bond acceptors (Lipinski definition) is 5. The Bertz CT molecular complexity index is 903. The first-order chi connectivity index (χ1) is 12.7. The van der Waals surface area contributed by atoms with Crippen LogP contribution in [0.15, 0.2) is 41.3 Å². The van der Waals surface area contributed by atoms with Crippen molar-refractivity contribution in [1.82, 2.24) is 4.31 Å². The number of ether oxygens (including phenoxy) is 3. The van der Waals surface area contributed by atoms with Gasteiger partial charge in [-0.3, -0.25) is 0 Å². The summed E-state index contributed by atoms with van der Waals surface area (Å²) in [5, 5.41) is 0. The van der Waals surface area contributed by atoms with Crippen LogP contribution in [-0.2, 0) is 16.6 Å². The summed E-state index contributed by atoms with van der Waals surface area (Å²) in [4.78, 5) is 0.132. The Hall–Kier alpha value is -2.39. The number of hydrogen-bond donors (Lipinski definition) is 0. The summed E-state index contributed by atoms with van der Waals surface area (Å²) in [5.74, 6) is 0.572. The minimum Gasteiger partial charge on any atom is -0.496 e. The van der Waals surface area contributed by atoms with E-state index in [0.717, 1.165) is 4.31 Å². The minimum absolute atomic E-state index is 0.0265. The molecule has 0 spiro atoms. The molecular formula is C18H21F2NO5S. The fraction of sp³-hybridized carbons (Fsp3) is 0.333. The highest BCUT2D eigenvalue weighted by molar-refractivity contribution is 7.89. The van der Waals surface area contributed by atoms with E-state index < -0.39 is 16.6 Å². The van der Waals surface area contributed by atoms with Crippen LogP contribution in [0.2, 0.25) is 0 Å². The molecule has 27 heavy (non-hydrogen) atoms. The summed E-state index contributed by atoms with van der Waals surface area (Å²) in [7, 11) is 0.517. The van der Waals surface area contributed by atoms with Crippen molar-refractivity contribution in [2.24, 2.45) is 0 Å². The normalized spacial score (nSPS) is 11.7. The molecule has 0 amide bonds. The summed E-state index contributed by atoms with van der Waals surface area (Å²) in [6.07, 6.45) is 0. The zero-order valence-electron chi connectivity index (χ0n) is 15.4. The molecule has 0 atom stereocenters. The minimum atomic E-state index is -3.75. The zero-order chi connectivity index (χ0) is 20.2. The van der Waals surface area contributed by atoms with Gasteiger partial charge in [-0.2, -0.15) is 13.1 Å². The fourth-order valence-corrected chi connectivity index (χ4v) is 3.78. The second kappa shape index (κ2) is 8.53. The van der Waals surface area contributed by atoms with Gasteiger partial charge in [0.05, 0.1) is 19.1 Å². The molecule has 0 aliphatic carbocycles. The number of alkyl halides is 2. The van der Waals surface area contributed by atoms with Crippen molar-refractivity contribution in [3.05, 3.63) is 47.5 Å². The van der Waals surface area contributed by atoms with Gasteiger partial charge in [0.25, 0.3) is 0 Å². The number of sulfonamides is 1. The molecule has 0 saturated heterocycles. The first-order valence-corrected chi connectivity index (χ1v) is 9.35. The highest BCUT2D eigenvalue weighted by Crippen LogP contribution is 2.30. The van der Waals surface area contributed by atoms with Gasteiger partial charge in [-0.25, -0.2) is 8.42 Å². The Labute approximate surface area is 157 Å². The van der Waals surface area contributed by atoms with Gasteiger partial charge >= 0.3 is 6.61 Å². The third kappa shape index (κ3) is 4.86. The van der Waals surface area contributed by atoms with Gasteiger partial charge in [0.15, 0.2) is 11.5 Å². The molecule has 148 valence electrons. The van der Waals surface area contributed by atoms with E-state index in [1.165, 1.54) is 51.6 Å². The van der Waals surface area contributed by atoms with Crippen LogP contribution in [0.5, 0.6) is 17.2 Å². The van der Waals surface area contributed by atoms with E-state index >= 15 is 0 Å². The van der Waals surface area contributed by atoms with Gasteiger partial charge in [0, 0.05) is 13.6 Å². The molecule has 0 unspecified atom stereocenters. The van der Waals surface area contributed by atoms with Crippen molar-refractivity contribution >= 4 is 10.0 Å². The molecule has 0 N–H and O–H groups in total. The Morgan fingerprint density at radius 2 is 1.63 bits per heavy atom. The average Bonchev–Trinajstić information content (AvgIpc) is 2.62. The number of rotatable bonds is 8. The predicted molar refractivity (Wildman–Crippen MR) is 96.0 cm³/mol. The van der Waals surface area contributed by atoms with Crippen LogP contribution in [0.4, 0.5) is 8.78 Å². The predicted octanol–water partition coefficient (Wildman–Crippen LogP) is 3.43. The molecule has 0 fully saturated rings. The number of halogens is 2. The van der Waals surface area contributed by atoms with E-state index in [-0.39, 0.29) is 22.9 Å². The van der Waals surface area contributed by atoms with Crippen molar-refractivity contribution in [3.8, 4) is 17.2 Å². The summed E-state index contributed by atoms with van der Waals surface area (Å²) in [6, 6.07) is 8.88. The quantitative estimate of drug-likeness (QED) is 0.678. The lowest BCUT2D eigenvalue weighted by Gasteiger charge is -2.19. The van der Waals surface area contributed by atoms with Crippen LogP contribution >= 0.6 is 0 Å². The molecule has 0 heterocycles. The fourth-order valence-electron chi connectivity index (χ4n) is 2.54. The van der Waals surface area contributed by atoms with E-state index in [1.54, 1.807) is 13.0 Å². The molecule has 0 aromatic heterocycles. The molecule has 2 aromatic rings. The third-order valence-electron chi connectivity index (χ3n) is 3.92. The zero-order valence-corrected chi connectivity index (χ0v) is 16.2. The molecule has 0 aliphatic rings. The van der Waals surface area contributed by atoms with Crippen LogP contribution in [0.1, 0.15) is 11.1 Å². The van der Waals surface area contributed by atoms with E-state index in [4.69, 9.17) is 9.47 Å². The lowest BCUT2D eigenvalue weighted by Crippen LogP contribution is -2.26. The molecule has 9 heteroatoms. The van der Waals surface area contributed by atoms with Gasteiger partial charge in [-0.15, -0.1) is 0 Å². The van der Waals surface area contributed by atoms with Crippen molar-refractivity contribution < 1.29 is 31.4 Å². The molecule has 2 rings (SSSR count). The van der Waals surface area contributed by atoms with E-state index in [2.05, 4.69) is 4.74 Å². The topological polar surface area (TPSA) is 65.1 Å². The molecule has 0 radical (unpaired) electrons. The number of aryl methyl sites for hydroxylation is 1. The van der Waals surface area contributed by atoms with Gasteiger partial charge in [0.1, 0.15) is 5.75 Å². The molecule has 0 bridgehead atoms. The summed E-state index contributed by atoms with van der Waals surface area (Å²) in [6.45, 7) is -1.20. The number of benzene rings is 2. The second-order valence-electron chi connectivity index (χ2n) is 5.76. The van der Waals surface area contributed by atoms with Crippen molar-refractivity contribution in [3.63, 3.8) is 0 Å². The van der Waals surface area contributed by atoms with Crippen molar-refractivity contribution in [2.45, 2.75) is 25.0 Å². The second-order valence-corrected chi connectivity index (χ2v) is 7.80. The average molecular weight is 401 g/mol. The third-order valence-corrected chi connectivity index (χ3v) is 5.72. The van der Waals surface area contributed by atoms with Gasteiger partial charge in [-0.1, -0.05) is 6.07 Å². The molecule has 6 nitrogen and oxygen atoms in total. The highest BCUT2D eigenvalue weighted by Gasteiger charge is 2.22. The Kier molecular flexibility index (Phi) is 6.61. The highest BCUT2D eigenvalue weighted by atomic mass is 32.2. The van der Waals surface area contributed by atoms with Crippen LogP contribution < -0.4 is 14.2 Å². The van der Waals surface area contributed by atoms with Gasteiger partial charge < -0.3 is 14.2 Å². The van der Waals surface area contributed by atoms with Crippen molar-refractivity contribution in [2.75, 3.05) is 21.3 Å². The Morgan fingerprint density at radius 3 is 2.19 bits per heavy atom.